The number of carbonyl (C=O) groups excluding carboxylic acids is 2. The Bertz CT molecular complexity index is 1550. The molecule has 10 nitrogen and oxygen atoms in total. The normalized spacial score (nSPS) is 23.7. The number of nitrogens with one attached hydrogen (secondary N) is 1. The molecule has 2 aromatic rings. The van der Waals surface area contributed by atoms with E-state index in [1.54, 1.807) is 5.38 Å². The molecule has 3 aliphatic heterocycles. The Kier molecular flexibility index (Phi) is 8.03. The maximum absolute atomic E-state index is 15.4. The molecule has 0 saturated carbocycles. The van der Waals surface area contributed by atoms with E-state index in [1.165, 1.54) is 36.3 Å². The Morgan fingerprint density at radius 2 is 2.02 bits per heavy atom. The van der Waals surface area contributed by atoms with Gasteiger partial charge in [-0.2, -0.15) is 0 Å². The Balaban J connectivity index is 1.56. The second-order valence-electron chi connectivity index (χ2n) is 11.1. The Labute approximate surface area is 252 Å². The first kappa shape index (κ1) is 30.9. The first-order valence-corrected chi connectivity index (χ1v) is 14.3. The number of amides is 1. The quantitative estimate of drug-likeness (QED) is 0.255. The summed E-state index contributed by atoms with van der Waals surface area (Å²) in [6.07, 6.45) is 1.49. The monoisotopic (exact) mass is 643 g/mol. The number of hydrogen-bond donors (Lipinski definition) is 2. The molecule has 1 aromatic carbocycles. The number of thiazole rings is 1. The van der Waals surface area contributed by atoms with Crippen LogP contribution in [-0.2, 0) is 19.1 Å². The van der Waals surface area contributed by atoms with Gasteiger partial charge in [0.2, 0.25) is 5.91 Å². The number of aliphatic imine (C=N–C) groups is 1. The summed E-state index contributed by atoms with van der Waals surface area (Å²) in [7, 11) is 1.09. The van der Waals surface area contributed by atoms with Gasteiger partial charge < -0.3 is 20.1 Å². The third-order valence-corrected chi connectivity index (χ3v) is 8.92. The minimum absolute atomic E-state index is 0.0612. The van der Waals surface area contributed by atoms with Crippen molar-refractivity contribution in [3.05, 3.63) is 62.2 Å². The minimum Gasteiger partial charge on any atom is -0.481 e. The summed E-state index contributed by atoms with van der Waals surface area (Å²) >= 11 is 7.34. The van der Waals surface area contributed by atoms with Crippen LogP contribution in [0.15, 0.2) is 40.0 Å². The van der Waals surface area contributed by atoms with Gasteiger partial charge in [-0.1, -0.05) is 17.7 Å². The number of nitrogens with zero attached hydrogens (tertiary/aromatic N) is 4. The number of alkyl halides is 2. The molecule has 5 rings (SSSR count). The van der Waals surface area contributed by atoms with Crippen molar-refractivity contribution in [1.82, 2.24) is 20.1 Å². The molecule has 43 heavy (non-hydrogen) atoms. The average Bonchev–Trinajstić information content (AvgIpc) is 3.64. The van der Waals surface area contributed by atoms with Crippen molar-refractivity contribution < 1.29 is 41.8 Å². The van der Waals surface area contributed by atoms with Crippen LogP contribution in [-0.4, -0.2) is 88.8 Å². The van der Waals surface area contributed by atoms with E-state index in [0.717, 1.165) is 24.1 Å². The van der Waals surface area contributed by atoms with Gasteiger partial charge in [-0.15, -0.1) is 11.3 Å². The van der Waals surface area contributed by atoms with Crippen LogP contribution in [0.2, 0.25) is 5.02 Å². The lowest BCUT2D eigenvalue weighted by Gasteiger charge is -2.32. The fourth-order valence-electron chi connectivity index (χ4n) is 5.62. The summed E-state index contributed by atoms with van der Waals surface area (Å²) < 4.78 is 64.2. The van der Waals surface area contributed by atoms with Crippen molar-refractivity contribution in [2.24, 2.45) is 16.3 Å². The van der Waals surface area contributed by atoms with Crippen LogP contribution in [0.5, 0.6) is 0 Å². The average molecular weight is 644 g/mol. The predicted molar refractivity (Wildman–Crippen MR) is 147 cm³/mol. The van der Waals surface area contributed by atoms with Gasteiger partial charge in [0.25, 0.3) is 5.92 Å². The number of carboxylic acids is 1. The zero-order valence-electron chi connectivity index (χ0n) is 23.0. The largest absolute Gasteiger partial charge is 0.481 e. The van der Waals surface area contributed by atoms with Crippen LogP contribution in [0.1, 0.15) is 30.5 Å². The first-order chi connectivity index (χ1) is 20.2. The number of likely N-dealkylation sites (tertiary alicyclic amines) is 2. The zero-order valence-corrected chi connectivity index (χ0v) is 24.6. The van der Waals surface area contributed by atoms with Crippen molar-refractivity contribution >= 4 is 46.6 Å². The lowest BCUT2D eigenvalue weighted by Crippen LogP contribution is -2.45. The van der Waals surface area contributed by atoms with Crippen LogP contribution >= 0.6 is 22.9 Å². The lowest BCUT2D eigenvalue weighted by molar-refractivity contribution is -0.150. The SMILES string of the molecule is COC(=O)C1=C(CN2CC(F)(F)[C@@H]3C(=O)N(CC(C)(C)C(=O)O)C[C@@H]32)NC(c2nccs2)=NC1c1ccc(F)c(F)c1Cl. The van der Waals surface area contributed by atoms with Crippen molar-refractivity contribution in [1.29, 1.82) is 0 Å². The number of hydrogen-bond acceptors (Lipinski definition) is 9. The molecule has 2 saturated heterocycles. The molecule has 0 spiro atoms. The third kappa shape index (κ3) is 5.49. The van der Waals surface area contributed by atoms with E-state index in [2.05, 4.69) is 15.3 Å². The highest BCUT2D eigenvalue weighted by Gasteiger charge is 2.63. The van der Waals surface area contributed by atoms with Gasteiger partial charge in [-0.3, -0.25) is 19.5 Å². The van der Waals surface area contributed by atoms with Gasteiger partial charge in [-0.05, 0) is 19.9 Å². The summed E-state index contributed by atoms with van der Waals surface area (Å²) in [4.78, 5) is 49.1. The van der Waals surface area contributed by atoms with Gasteiger partial charge in [0.15, 0.2) is 22.5 Å². The number of esters is 1. The Morgan fingerprint density at radius 1 is 1.30 bits per heavy atom. The second-order valence-corrected chi connectivity index (χ2v) is 12.4. The van der Waals surface area contributed by atoms with Gasteiger partial charge in [-0.25, -0.2) is 27.3 Å². The zero-order chi connectivity index (χ0) is 31.4. The number of fused-ring (bicyclic) bond motifs is 1. The molecule has 0 radical (unpaired) electrons. The number of carboxylic acid groups (broad SMARTS) is 1. The summed E-state index contributed by atoms with van der Waals surface area (Å²) in [6.45, 7) is 1.20. The predicted octanol–water partition coefficient (Wildman–Crippen LogP) is 3.48. The number of rotatable bonds is 8. The van der Waals surface area contributed by atoms with Crippen LogP contribution in [0.3, 0.4) is 0 Å². The van der Waals surface area contributed by atoms with E-state index in [4.69, 9.17) is 16.3 Å². The van der Waals surface area contributed by atoms with Gasteiger partial charge in [0.05, 0.1) is 29.7 Å². The van der Waals surface area contributed by atoms with Gasteiger partial charge in [0.1, 0.15) is 12.0 Å². The lowest BCUT2D eigenvalue weighted by atomic mass is 9.93. The fourth-order valence-corrected chi connectivity index (χ4v) is 6.46. The number of halogens is 5. The number of ether oxygens (including phenoxy) is 1. The Hall–Kier alpha value is -3.56. The molecule has 3 aliphatic rings. The highest BCUT2D eigenvalue weighted by molar-refractivity contribution is 7.11. The van der Waals surface area contributed by atoms with Crippen molar-refractivity contribution in [2.75, 3.05) is 33.3 Å². The summed E-state index contributed by atoms with van der Waals surface area (Å²) in [5.41, 5.74) is -1.57. The summed E-state index contributed by atoms with van der Waals surface area (Å²) in [5.74, 6) is -10.6. The standard InChI is InChI=1S/C27H26ClF4N5O5S/c1-26(2,25(40)41)10-37-9-15-17(23(37)38)27(31,32)11-36(15)8-14-16(24(39)42-3)20(12-4-5-13(29)19(30)18(12)28)35-21(34-14)22-33-6-7-43-22/h4-7,15,17,20H,8-11H2,1-3H3,(H,34,35)(H,40,41)/t15-,17-,20?/m0/s1. The van der Waals surface area contributed by atoms with E-state index >= 15 is 8.78 Å². The van der Waals surface area contributed by atoms with Crippen molar-refractivity contribution in [3.8, 4) is 0 Å². The number of benzene rings is 1. The summed E-state index contributed by atoms with van der Waals surface area (Å²) in [6, 6.07) is -0.359. The number of aliphatic carboxylic acids is 1. The van der Waals surface area contributed by atoms with Crippen LogP contribution in [0.25, 0.3) is 0 Å². The Morgan fingerprint density at radius 3 is 2.65 bits per heavy atom. The van der Waals surface area contributed by atoms with E-state index < -0.39 is 70.4 Å². The molecule has 230 valence electrons. The molecule has 0 aliphatic carbocycles. The molecule has 1 unspecified atom stereocenters. The number of amidine groups is 1. The smallest absolute Gasteiger partial charge is 0.338 e. The summed E-state index contributed by atoms with van der Waals surface area (Å²) in [5, 5.41) is 13.9. The van der Waals surface area contributed by atoms with Crippen LogP contribution < -0.4 is 5.32 Å². The third-order valence-electron chi connectivity index (χ3n) is 7.76. The first-order valence-electron chi connectivity index (χ1n) is 13.0. The van der Waals surface area contributed by atoms with Crippen molar-refractivity contribution in [3.63, 3.8) is 0 Å². The second kappa shape index (κ2) is 11.2. The highest BCUT2D eigenvalue weighted by atomic mass is 35.5. The highest BCUT2D eigenvalue weighted by Crippen LogP contribution is 2.45. The molecule has 2 N–H and O–H groups in total. The van der Waals surface area contributed by atoms with E-state index in [0.29, 0.717) is 5.01 Å². The molecule has 0 bridgehead atoms. The van der Waals surface area contributed by atoms with Crippen molar-refractivity contribution in [2.45, 2.75) is 31.9 Å². The van der Waals surface area contributed by atoms with E-state index in [9.17, 15) is 28.3 Å². The van der Waals surface area contributed by atoms with Gasteiger partial charge >= 0.3 is 11.9 Å². The van der Waals surface area contributed by atoms with E-state index in [1.807, 2.05) is 0 Å². The minimum atomic E-state index is -3.46. The number of carbonyl (C=O) groups is 3. The molecule has 4 heterocycles. The molecule has 3 atom stereocenters. The maximum Gasteiger partial charge on any atom is 0.338 e. The fraction of sp³-hybridized carbons (Fsp3) is 0.444. The molecular formula is C27H26ClF4N5O5S. The maximum atomic E-state index is 15.4. The topological polar surface area (TPSA) is 124 Å². The molecule has 16 heteroatoms. The molecule has 2 fully saturated rings. The van der Waals surface area contributed by atoms with Crippen LogP contribution in [0, 0.1) is 23.0 Å². The number of methoxy groups -OCH3 is 1. The molecule has 1 amide bonds. The number of aromatic nitrogens is 1. The molecule has 1 aromatic heterocycles. The van der Waals surface area contributed by atoms with E-state index in [-0.39, 0.29) is 42.3 Å². The molecular weight excluding hydrogens is 618 g/mol. The van der Waals surface area contributed by atoms with Gasteiger partial charge in [0, 0.05) is 48.5 Å². The van der Waals surface area contributed by atoms with Crippen LogP contribution in [0.4, 0.5) is 17.6 Å².